The molecule has 0 amide bonds. The molecule has 0 aliphatic carbocycles. The molecule has 2 aromatic rings. The van der Waals surface area contributed by atoms with Crippen molar-refractivity contribution in [3.05, 3.63) is 53.5 Å². The third kappa shape index (κ3) is 3.35. The van der Waals surface area contributed by atoms with Crippen molar-refractivity contribution in [1.29, 1.82) is 0 Å². The molecular formula is C14H15NO4. The summed E-state index contributed by atoms with van der Waals surface area (Å²) in [6.07, 6.45) is 1.38. The van der Waals surface area contributed by atoms with Gasteiger partial charge >= 0.3 is 5.97 Å². The van der Waals surface area contributed by atoms with Gasteiger partial charge in [-0.1, -0.05) is 12.1 Å². The number of carboxylic acid groups (broad SMARTS) is 1. The van der Waals surface area contributed by atoms with Crippen LogP contribution in [-0.4, -0.2) is 18.2 Å². The fraction of sp³-hybridized carbons (Fsp3) is 0.214. The van der Waals surface area contributed by atoms with Gasteiger partial charge in [-0.2, -0.15) is 0 Å². The molecule has 2 N–H and O–H groups in total. The van der Waals surface area contributed by atoms with Gasteiger partial charge in [0, 0.05) is 24.9 Å². The van der Waals surface area contributed by atoms with E-state index in [1.165, 1.54) is 6.26 Å². The highest BCUT2D eigenvalue weighted by Crippen LogP contribution is 2.15. The quantitative estimate of drug-likeness (QED) is 0.836. The number of furan rings is 1. The van der Waals surface area contributed by atoms with Gasteiger partial charge in [0.2, 0.25) is 5.76 Å². The molecule has 1 heterocycles. The highest BCUT2D eigenvalue weighted by Gasteiger charge is 2.13. The lowest BCUT2D eigenvalue weighted by Gasteiger charge is -2.07. The molecule has 5 heteroatoms. The number of hydrogen-bond donors (Lipinski definition) is 2. The molecule has 1 aromatic carbocycles. The zero-order chi connectivity index (χ0) is 13.7. The van der Waals surface area contributed by atoms with E-state index in [0.717, 1.165) is 11.3 Å². The number of carbonyl (C=O) groups is 1. The van der Waals surface area contributed by atoms with Crippen molar-refractivity contribution in [2.24, 2.45) is 0 Å². The summed E-state index contributed by atoms with van der Waals surface area (Å²) in [5, 5.41) is 12.1. The molecule has 0 atom stereocenters. The van der Waals surface area contributed by atoms with Crippen LogP contribution in [-0.2, 0) is 17.9 Å². The summed E-state index contributed by atoms with van der Waals surface area (Å²) in [6, 6.07) is 9.42. The molecular weight excluding hydrogens is 246 g/mol. The fourth-order valence-corrected chi connectivity index (χ4v) is 1.80. The maximum atomic E-state index is 10.9. The Labute approximate surface area is 110 Å². The summed E-state index contributed by atoms with van der Waals surface area (Å²) in [7, 11) is 1.64. The lowest BCUT2D eigenvalue weighted by atomic mass is 10.2. The average molecular weight is 261 g/mol. The topological polar surface area (TPSA) is 71.7 Å². The van der Waals surface area contributed by atoms with Crippen LogP contribution in [0.25, 0.3) is 0 Å². The van der Waals surface area contributed by atoms with Gasteiger partial charge in [0.05, 0.1) is 12.9 Å². The number of methoxy groups -OCH3 is 1. The summed E-state index contributed by atoms with van der Waals surface area (Å²) in [5.74, 6) is -1.09. The van der Waals surface area contributed by atoms with E-state index in [1.54, 1.807) is 13.2 Å². The Balaban J connectivity index is 2.04. The van der Waals surface area contributed by atoms with Crippen molar-refractivity contribution >= 4 is 11.7 Å². The molecule has 0 saturated carbocycles. The van der Waals surface area contributed by atoms with Crippen LogP contribution in [0.5, 0.6) is 0 Å². The van der Waals surface area contributed by atoms with Crippen LogP contribution < -0.4 is 5.32 Å². The first-order valence-electron chi connectivity index (χ1n) is 5.82. The predicted molar refractivity (Wildman–Crippen MR) is 70.1 cm³/mol. The molecule has 0 spiro atoms. The second-order valence-electron chi connectivity index (χ2n) is 4.07. The molecule has 5 nitrogen and oxygen atoms in total. The Kier molecular flexibility index (Phi) is 4.20. The van der Waals surface area contributed by atoms with Gasteiger partial charge in [-0.15, -0.1) is 0 Å². The van der Waals surface area contributed by atoms with Gasteiger partial charge in [0.1, 0.15) is 0 Å². The van der Waals surface area contributed by atoms with Gasteiger partial charge in [-0.25, -0.2) is 4.79 Å². The van der Waals surface area contributed by atoms with Crippen LogP contribution in [0.3, 0.4) is 0 Å². The smallest absolute Gasteiger partial charge is 0.372 e. The molecule has 100 valence electrons. The minimum absolute atomic E-state index is 0.0273. The number of ether oxygens (including phenoxy) is 1. The third-order valence-corrected chi connectivity index (χ3v) is 2.66. The number of aromatic carboxylic acids is 1. The van der Waals surface area contributed by atoms with Crippen LogP contribution in [0, 0.1) is 0 Å². The van der Waals surface area contributed by atoms with Crippen molar-refractivity contribution in [2.45, 2.75) is 13.2 Å². The maximum Gasteiger partial charge on any atom is 0.372 e. The Morgan fingerprint density at radius 2 is 2.26 bits per heavy atom. The molecule has 19 heavy (non-hydrogen) atoms. The number of anilines is 1. The van der Waals surface area contributed by atoms with Crippen LogP contribution in [0.2, 0.25) is 0 Å². The summed E-state index contributed by atoms with van der Waals surface area (Å²) in [6.45, 7) is 0.941. The van der Waals surface area contributed by atoms with Crippen LogP contribution >= 0.6 is 0 Å². The van der Waals surface area contributed by atoms with Gasteiger partial charge in [0.15, 0.2) is 0 Å². The Morgan fingerprint density at radius 1 is 1.42 bits per heavy atom. The molecule has 0 aliphatic rings. The first-order chi connectivity index (χ1) is 9.20. The Hall–Kier alpha value is -2.27. The van der Waals surface area contributed by atoms with Crippen molar-refractivity contribution < 1.29 is 19.1 Å². The van der Waals surface area contributed by atoms with Crippen LogP contribution in [0.4, 0.5) is 5.69 Å². The lowest BCUT2D eigenvalue weighted by Crippen LogP contribution is -2.04. The van der Waals surface area contributed by atoms with Gasteiger partial charge in [0.25, 0.3) is 0 Å². The third-order valence-electron chi connectivity index (χ3n) is 2.66. The molecule has 1 aromatic heterocycles. The number of benzene rings is 1. The molecule has 0 unspecified atom stereocenters. The van der Waals surface area contributed by atoms with E-state index in [2.05, 4.69) is 5.32 Å². The number of carboxylic acids is 1. The zero-order valence-corrected chi connectivity index (χ0v) is 10.6. The second kappa shape index (κ2) is 6.06. The van der Waals surface area contributed by atoms with E-state index in [9.17, 15) is 4.79 Å². The standard InChI is InChI=1S/C14H15NO4/c1-18-9-10-3-2-4-12(7-10)15-8-11-5-6-19-13(11)14(16)17/h2-7,15H,8-9H2,1H3,(H,16,17). The van der Waals surface area contributed by atoms with E-state index in [1.807, 2.05) is 24.3 Å². The number of hydrogen-bond acceptors (Lipinski definition) is 4. The summed E-state index contributed by atoms with van der Waals surface area (Å²) < 4.78 is 9.98. The monoisotopic (exact) mass is 261 g/mol. The summed E-state index contributed by atoms with van der Waals surface area (Å²) in [5.41, 5.74) is 2.58. The molecule has 2 rings (SSSR count). The van der Waals surface area contributed by atoms with Gasteiger partial charge in [-0.05, 0) is 23.8 Å². The van der Waals surface area contributed by atoms with Gasteiger partial charge in [-0.3, -0.25) is 0 Å². The Morgan fingerprint density at radius 3 is 3.00 bits per heavy atom. The number of rotatable bonds is 6. The number of nitrogens with one attached hydrogen (secondary N) is 1. The van der Waals surface area contributed by atoms with E-state index in [-0.39, 0.29) is 5.76 Å². The van der Waals surface area contributed by atoms with E-state index < -0.39 is 5.97 Å². The predicted octanol–water partition coefficient (Wildman–Crippen LogP) is 2.74. The minimum atomic E-state index is -1.06. The molecule has 0 bridgehead atoms. The Bertz CT molecular complexity index is 562. The van der Waals surface area contributed by atoms with Crippen molar-refractivity contribution in [3.63, 3.8) is 0 Å². The maximum absolute atomic E-state index is 10.9. The first-order valence-corrected chi connectivity index (χ1v) is 5.82. The first kappa shape index (κ1) is 13.2. The molecule has 0 aliphatic heterocycles. The largest absolute Gasteiger partial charge is 0.475 e. The summed E-state index contributed by atoms with van der Waals surface area (Å²) in [4.78, 5) is 10.9. The summed E-state index contributed by atoms with van der Waals surface area (Å²) >= 11 is 0. The normalized spacial score (nSPS) is 10.4. The van der Waals surface area contributed by atoms with Crippen LogP contribution in [0.15, 0.2) is 41.0 Å². The fourth-order valence-electron chi connectivity index (χ4n) is 1.80. The highest BCUT2D eigenvalue weighted by molar-refractivity contribution is 5.86. The van der Waals surface area contributed by atoms with Crippen molar-refractivity contribution in [2.75, 3.05) is 12.4 Å². The second-order valence-corrected chi connectivity index (χ2v) is 4.07. The molecule has 0 saturated heterocycles. The van der Waals surface area contributed by atoms with E-state index in [4.69, 9.17) is 14.3 Å². The zero-order valence-electron chi connectivity index (χ0n) is 10.6. The van der Waals surface area contributed by atoms with Crippen LogP contribution in [0.1, 0.15) is 21.7 Å². The SMILES string of the molecule is COCc1cccc(NCc2ccoc2C(=O)O)c1. The average Bonchev–Trinajstić information content (AvgIpc) is 2.86. The van der Waals surface area contributed by atoms with Gasteiger partial charge < -0.3 is 19.6 Å². The minimum Gasteiger partial charge on any atom is -0.475 e. The van der Waals surface area contributed by atoms with Crippen molar-refractivity contribution in [1.82, 2.24) is 0 Å². The van der Waals surface area contributed by atoms with E-state index in [0.29, 0.717) is 18.7 Å². The molecule has 0 radical (unpaired) electrons. The molecule has 0 fully saturated rings. The lowest BCUT2D eigenvalue weighted by molar-refractivity contribution is 0.0661. The van der Waals surface area contributed by atoms with Crippen molar-refractivity contribution in [3.8, 4) is 0 Å². The van der Waals surface area contributed by atoms with E-state index >= 15 is 0 Å². The highest BCUT2D eigenvalue weighted by atomic mass is 16.5.